The van der Waals surface area contributed by atoms with E-state index in [0.29, 0.717) is 18.5 Å². The van der Waals surface area contributed by atoms with E-state index in [0.717, 1.165) is 31.2 Å². The summed E-state index contributed by atoms with van der Waals surface area (Å²) in [5, 5.41) is 14.0. The molecule has 0 saturated heterocycles. The summed E-state index contributed by atoms with van der Waals surface area (Å²) in [5.41, 5.74) is 7.30. The van der Waals surface area contributed by atoms with Crippen LogP contribution < -0.4 is 11.1 Å². The van der Waals surface area contributed by atoms with Gasteiger partial charge in [0.15, 0.2) is 0 Å². The highest BCUT2D eigenvalue weighted by Crippen LogP contribution is 2.38. The van der Waals surface area contributed by atoms with E-state index in [1.54, 1.807) is 19.1 Å². The minimum Gasteiger partial charge on any atom is -0.350 e. The zero-order chi connectivity index (χ0) is 17.7. The lowest BCUT2D eigenvalue weighted by Crippen LogP contribution is -2.39. The van der Waals surface area contributed by atoms with E-state index in [9.17, 15) is 14.9 Å². The minimum atomic E-state index is -0.390. The van der Waals surface area contributed by atoms with E-state index in [1.165, 1.54) is 6.42 Å². The first-order valence-corrected chi connectivity index (χ1v) is 8.61. The number of nitro benzene ring substituents is 1. The van der Waals surface area contributed by atoms with Crippen LogP contribution in [-0.2, 0) is 4.79 Å². The number of hydrogen-bond donors (Lipinski definition) is 2. The molecule has 0 radical (unpaired) electrons. The number of amides is 1. The van der Waals surface area contributed by atoms with Crippen molar-refractivity contribution in [3.63, 3.8) is 0 Å². The van der Waals surface area contributed by atoms with Gasteiger partial charge < -0.3 is 11.1 Å². The van der Waals surface area contributed by atoms with E-state index in [4.69, 9.17) is 5.73 Å². The molecule has 3 N–H and O–H groups in total. The maximum absolute atomic E-state index is 12.4. The fourth-order valence-corrected chi connectivity index (χ4v) is 3.56. The van der Waals surface area contributed by atoms with Gasteiger partial charge in [-0.1, -0.05) is 31.4 Å². The summed E-state index contributed by atoms with van der Waals surface area (Å²) in [7, 11) is 0. The fraction of sp³-hybridized carbons (Fsp3) is 0.611. The monoisotopic (exact) mass is 333 g/mol. The average Bonchev–Trinajstić information content (AvgIpc) is 2.55. The second-order valence-electron chi connectivity index (χ2n) is 7.03. The van der Waals surface area contributed by atoms with Crippen LogP contribution in [-0.4, -0.2) is 17.4 Å². The van der Waals surface area contributed by atoms with Crippen molar-refractivity contribution >= 4 is 11.6 Å². The molecule has 1 fully saturated rings. The third-order valence-corrected chi connectivity index (χ3v) is 5.19. The predicted molar refractivity (Wildman–Crippen MR) is 93.6 cm³/mol. The van der Waals surface area contributed by atoms with Gasteiger partial charge in [0.25, 0.3) is 5.69 Å². The Bertz CT molecular complexity index is 610. The smallest absolute Gasteiger partial charge is 0.272 e. The first-order valence-electron chi connectivity index (χ1n) is 8.61. The quantitative estimate of drug-likeness (QED) is 0.616. The molecule has 1 aliphatic rings. The van der Waals surface area contributed by atoms with Crippen LogP contribution in [0.1, 0.15) is 62.6 Å². The molecule has 132 valence electrons. The number of hydrogen-bond acceptors (Lipinski definition) is 4. The zero-order valence-corrected chi connectivity index (χ0v) is 14.5. The molecule has 0 aromatic heterocycles. The highest BCUT2D eigenvalue weighted by molar-refractivity contribution is 5.77. The molecule has 0 heterocycles. The number of carbonyl (C=O) groups excluding carboxylic acids is 1. The number of nitro groups is 1. The Kier molecular flexibility index (Phi) is 5.94. The van der Waals surface area contributed by atoms with Gasteiger partial charge in [-0.15, -0.1) is 0 Å². The van der Waals surface area contributed by atoms with Crippen molar-refractivity contribution in [1.29, 1.82) is 0 Å². The topological polar surface area (TPSA) is 98.3 Å². The number of rotatable bonds is 6. The van der Waals surface area contributed by atoms with E-state index in [-0.39, 0.29) is 23.1 Å². The van der Waals surface area contributed by atoms with Gasteiger partial charge in [0, 0.05) is 18.1 Å². The molecule has 0 bridgehead atoms. The Morgan fingerprint density at radius 2 is 2.04 bits per heavy atom. The average molecular weight is 333 g/mol. The minimum absolute atomic E-state index is 0.0296. The van der Waals surface area contributed by atoms with Gasteiger partial charge in [-0.05, 0) is 44.2 Å². The van der Waals surface area contributed by atoms with Crippen molar-refractivity contribution < 1.29 is 9.72 Å². The first-order chi connectivity index (χ1) is 11.4. The summed E-state index contributed by atoms with van der Waals surface area (Å²) < 4.78 is 0. The van der Waals surface area contributed by atoms with Gasteiger partial charge in [-0.25, -0.2) is 0 Å². The van der Waals surface area contributed by atoms with E-state index >= 15 is 0 Å². The lowest BCUT2D eigenvalue weighted by atomic mass is 9.71. The van der Waals surface area contributed by atoms with Crippen molar-refractivity contribution in [2.24, 2.45) is 11.1 Å². The normalized spacial score (nSPS) is 18.0. The third-order valence-electron chi connectivity index (χ3n) is 5.19. The van der Waals surface area contributed by atoms with Crippen LogP contribution in [0.25, 0.3) is 0 Å². The Hall–Kier alpha value is -1.95. The van der Waals surface area contributed by atoms with Gasteiger partial charge in [0.05, 0.1) is 11.0 Å². The van der Waals surface area contributed by atoms with E-state index in [1.807, 2.05) is 13.0 Å². The Morgan fingerprint density at radius 1 is 1.38 bits per heavy atom. The van der Waals surface area contributed by atoms with Crippen molar-refractivity contribution in [3.8, 4) is 0 Å². The number of nitrogens with zero attached hydrogens (tertiary/aromatic N) is 1. The van der Waals surface area contributed by atoms with Crippen molar-refractivity contribution in [1.82, 2.24) is 5.32 Å². The molecule has 1 aromatic rings. The Balaban J connectivity index is 2.03. The highest BCUT2D eigenvalue weighted by atomic mass is 16.6. The molecule has 1 atom stereocenters. The molecule has 6 nitrogen and oxygen atoms in total. The fourth-order valence-electron chi connectivity index (χ4n) is 3.56. The van der Waals surface area contributed by atoms with Crippen LogP contribution in [0.15, 0.2) is 18.2 Å². The summed E-state index contributed by atoms with van der Waals surface area (Å²) in [5.74, 6) is -0.0296. The largest absolute Gasteiger partial charge is 0.350 e. The molecule has 0 spiro atoms. The zero-order valence-electron chi connectivity index (χ0n) is 14.5. The molecule has 1 unspecified atom stereocenters. The third kappa shape index (κ3) is 4.32. The van der Waals surface area contributed by atoms with Crippen LogP contribution in [0.4, 0.5) is 5.69 Å². The molecular weight excluding hydrogens is 306 g/mol. The number of benzene rings is 1. The van der Waals surface area contributed by atoms with Crippen LogP contribution in [0.2, 0.25) is 0 Å². The summed E-state index contributed by atoms with van der Waals surface area (Å²) >= 11 is 0. The predicted octanol–water partition coefficient (Wildman–Crippen LogP) is 3.38. The summed E-state index contributed by atoms with van der Waals surface area (Å²) in [6.07, 6.45) is 5.91. The molecule has 2 rings (SSSR count). The molecule has 1 amide bonds. The second kappa shape index (κ2) is 7.75. The van der Waals surface area contributed by atoms with Crippen LogP contribution in [0.3, 0.4) is 0 Å². The van der Waals surface area contributed by atoms with Gasteiger partial charge >= 0.3 is 0 Å². The molecule has 0 aliphatic heterocycles. The molecule has 24 heavy (non-hydrogen) atoms. The van der Waals surface area contributed by atoms with Gasteiger partial charge in [-0.3, -0.25) is 14.9 Å². The number of carbonyl (C=O) groups is 1. The van der Waals surface area contributed by atoms with Crippen molar-refractivity contribution in [2.45, 2.75) is 58.4 Å². The maximum atomic E-state index is 12.4. The molecular formula is C18H27N3O3. The first kappa shape index (κ1) is 18.4. The Morgan fingerprint density at radius 3 is 2.62 bits per heavy atom. The lowest BCUT2D eigenvalue weighted by Gasteiger charge is -2.36. The highest BCUT2D eigenvalue weighted by Gasteiger charge is 2.33. The van der Waals surface area contributed by atoms with Crippen LogP contribution in [0.5, 0.6) is 0 Å². The molecule has 6 heteroatoms. The van der Waals surface area contributed by atoms with Gasteiger partial charge in [0.1, 0.15) is 0 Å². The number of nitrogens with one attached hydrogen (secondary N) is 1. The summed E-state index contributed by atoms with van der Waals surface area (Å²) in [4.78, 5) is 23.1. The maximum Gasteiger partial charge on any atom is 0.272 e. The summed E-state index contributed by atoms with van der Waals surface area (Å²) in [6.45, 7) is 4.09. The van der Waals surface area contributed by atoms with Crippen molar-refractivity contribution in [2.75, 3.05) is 6.54 Å². The summed E-state index contributed by atoms with van der Waals surface area (Å²) in [6, 6.07) is 4.82. The van der Waals surface area contributed by atoms with Crippen molar-refractivity contribution in [3.05, 3.63) is 39.4 Å². The SMILES string of the molecule is Cc1ccc(C(C)NC(=O)CC2(CN)CCCCC2)cc1[N+](=O)[O-]. The standard InChI is InChI=1S/C18H27N3O3/c1-13-6-7-15(10-16(13)21(23)24)14(2)20-17(22)11-18(12-19)8-4-3-5-9-18/h6-7,10,14H,3-5,8-9,11-12,19H2,1-2H3,(H,20,22). The van der Waals surface area contributed by atoms with Crippen LogP contribution in [0, 0.1) is 22.5 Å². The molecule has 1 aliphatic carbocycles. The van der Waals surface area contributed by atoms with Gasteiger partial charge in [0.2, 0.25) is 5.91 Å². The van der Waals surface area contributed by atoms with Crippen LogP contribution >= 0.6 is 0 Å². The molecule has 1 saturated carbocycles. The van der Waals surface area contributed by atoms with Gasteiger partial charge in [-0.2, -0.15) is 0 Å². The second-order valence-corrected chi connectivity index (χ2v) is 7.03. The lowest BCUT2D eigenvalue weighted by molar-refractivity contribution is -0.385. The van der Waals surface area contributed by atoms with E-state index < -0.39 is 4.92 Å². The Labute approximate surface area is 143 Å². The number of nitrogens with two attached hydrogens (primary N) is 1. The number of aryl methyl sites for hydroxylation is 1. The van der Waals surface area contributed by atoms with E-state index in [2.05, 4.69) is 5.32 Å². The molecule has 1 aromatic carbocycles.